The van der Waals surface area contributed by atoms with Crippen LogP contribution in [-0.2, 0) is 0 Å². The normalized spacial score (nSPS) is 10.2. The molecule has 120 valence electrons. The van der Waals surface area contributed by atoms with E-state index in [0.717, 1.165) is 15.8 Å². The van der Waals surface area contributed by atoms with Gasteiger partial charge in [-0.3, -0.25) is 4.79 Å². The Balaban J connectivity index is 1.82. The number of aromatic nitrogens is 2. The van der Waals surface area contributed by atoms with Gasteiger partial charge in [-0.15, -0.1) is 0 Å². The molecule has 0 aliphatic rings. The summed E-state index contributed by atoms with van der Waals surface area (Å²) >= 11 is 3.47. The molecule has 1 amide bonds. The first kappa shape index (κ1) is 16.1. The second-order valence-electron chi connectivity index (χ2n) is 5.09. The van der Waals surface area contributed by atoms with Gasteiger partial charge in [0.25, 0.3) is 5.91 Å². The highest BCUT2D eigenvalue weighted by molar-refractivity contribution is 9.10. The van der Waals surface area contributed by atoms with Crippen LogP contribution in [0.3, 0.4) is 0 Å². The zero-order valence-electron chi connectivity index (χ0n) is 13.0. The van der Waals surface area contributed by atoms with Gasteiger partial charge in [-0.2, -0.15) is 0 Å². The van der Waals surface area contributed by atoms with Crippen molar-refractivity contribution in [3.63, 3.8) is 0 Å². The summed E-state index contributed by atoms with van der Waals surface area (Å²) in [6.45, 7) is 0. The van der Waals surface area contributed by atoms with Crippen molar-refractivity contribution in [1.29, 1.82) is 0 Å². The van der Waals surface area contributed by atoms with E-state index in [1.807, 2.05) is 54.6 Å². The maximum absolute atomic E-state index is 12.6. The molecule has 1 N–H and O–H groups in total. The van der Waals surface area contributed by atoms with Crippen molar-refractivity contribution in [3.8, 4) is 0 Å². The zero-order chi connectivity index (χ0) is 16.9. The minimum atomic E-state index is -0.196. The van der Waals surface area contributed by atoms with E-state index >= 15 is 0 Å². The second-order valence-corrected chi connectivity index (χ2v) is 5.95. The molecule has 0 radical (unpaired) electrons. The third-order valence-electron chi connectivity index (χ3n) is 3.47. The molecule has 0 saturated heterocycles. The Labute approximate surface area is 148 Å². The van der Waals surface area contributed by atoms with E-state index < -0.39 is 0 Å². The molecule has 0 aliphatic carbocycles. The van der Waals surface area contributed by atoms with Crippen molar-refractivity contribution >= 4 is 39.0 Å². The lowest BCUT2D eigenvalue weighted by Gasteiger charge is -2.17. The van der Waals surface area contributed by atoms with Gasteiger partial charge >= 0.3 is 0 Å². The smallest absolute Gasteiger partial charge is 0.276 e. The topological polar surface area (TPSA) is 58.1 Å². The molecule has 0 saturated carbocycles. The Morgan fingerprint density at radius 1 is 1.04 bits per heavy atom. The Bertz CT molecular complexity index is 854. The monoisotopic (exact) mass is 382 g/mol. The van der Waals surface area contributed by atoms with Gasteiger partial charge in [0, 0.05) is 23.3 Å². The highest BCUT2D eigenvalue weighted by atomic mass is 79.9. The van der Waals surface area contributed by atoms with E-state index in [1.165, 1.54) is 6.33 Å². The molecule has 6 heteroatoms. The molecule has 0 unspecified atom stereocenters. The van der Waals surface area contributed by atoms with Crippen LogP contribution < -0.4 is 10.2 Å². The van der Waals surface area contributed by atoms with Crippen LogP contribution in [0.1, 0.15) is 10.5 Å². The van der Waals surface area contributed by atoms with Crippen LogP contribution in [0.4, 0.5) is 17.2 Å². The molecular formula is C18H15BrN4O. The number of nitrogens with one attached hydrogen (secondary N) is 1. The Morgan fingerprint density at radius 2 is 1.75 bits per heavy atom. The standard InChI is InChI=1S/C18H15BrN4O/c1-23(13-7-3-2-4-8-13)18(24)16-11-17(21-12-20-16)22-15-10-6-5-9-14(15)19/h2-12H,1H3,(H,20,21,22). The number of hydrogen-bond donors (Lipinski definition) is 1. The van der Waals surface area contributed by atoms with Crippen LogP contribution in [0, 0.1) is 0 Å². The minimum Gasteiger partial charge on any atom is -0.339 e. The molecule has 1 aromatic heterocycles. The molecule has 0 atom stereocenters. The van der Waals surface area contributed by atoms with Crippen LogP contribution in [0.25, 0.3) is 0 Å². The Hall–Kier alpha value is -2.73. The average molecular weight is 383 g/mol. The number of carbonyl (C=O) groups is 1. The van der Waals surface area contributed by atoms with Gasteiger partial charge in [-0.1, -0.05) is 30.3 Å². The molecule has 0 bridgehead atoms. The van der Waals surface area contributed by atoms with E-state index in [-0.39, 0.29) is 5.91 Å². The summed E-state index contributed by atoms with van der Waals surface area (Å²) in [6.07, 6.45) is 1.38. The third kappa shape index (κ3) is 3.60. The minimum absolute atomic E-state index is 0.196. The lowest BCUT2D eigenvalue weighted by molar-refractivity contribution is 0.0988. The first-order valence-electron chi connectivity index (χ1n) is 7.32. The van der Waals surface area contributed by atoms with E-state index in [4.69, 9.17) is 0 Å². The summed E-state index contributed by atoms with van der Waals surface area (Å²) in [6, 6.07) is 18.8. The lowest BCUT2D eigenvalue weighted by Crippen LogP contribution is -2.27. The first-order chi connectivity index (χ1) is 11.6. The molecule has 3 aromatic rings. The van der Waals surface area contributed by atoms with Gasteiger partial charge < -0.3 is 10.2 Å². The van der Waals surface area contributed by atoms with Crippen LogP contribution >= 0.6 is 15.9 Å². The van der Waals surface area contributed by atoms with Crippen LogP contribution in [0.2, 0.25) is 0 Å². The van der Waals surface area contributed by atoms with Crippen LogP contribution in [0.15, 0.2) is 71.5 Å². The molecule has 24 heavy (non-hydrogen) atoms. The fraction of sp³-hybridized carbons (Fsp3) is 0.0556. The predicted octanol–water partition coefficient (Wildman–Crippen LogP) is 4.26. The fourth-order valence-electron chi connectivity index (χ4n) is 2.18. The number of halogens is 1. The summed E-state index contributed by atoms with van der Waals surface area (Å²) in [5, 5.41) is 3.18. The van der Waals surface area contributed by atoms with E-state index in [0.29, 0.717) is 11.5 Å². The summed E-state index contributed by atoms with van der Waals surface area (Å²) in [5.41, 5.74) is 2.00. The van der Waals surface area contributed by atoms with Crippen molar-refractivity contribution in [2.24, 2.45) is 0 Å². The summed E-state index contributed by atoms with van der Waals surface area (Å²) in [4.78, 5) is 22.4. The molecular weight excluding hydrogens is 368 g/mol. The molecule has 0 fully saturated rings. The molecule has 3 rings (SSSR count). The van der Waals surface area contributed by atoms with Gasteiger partial charge in [0.15, 0.2) is 0 Å². The van der Waals surface area contributed by atoms with Gasteiger partial charge in [-0.05, 0) is 40.2 Å². The lowest BCUT2D eigenvalue weighted by atomic mass is 10.2. The molecule has 2 aromatic carbocycles. The summed E-state index contributed by atoms with van der Waals surface area (Å²) in [5.74, 6) is 0.362. The number of para-hydroxylation sites is 2. The fourth-order valence-corrected chi connectivity index (χ4v) is 2.57. The highest BCUT2D eigenvalue weighted by Gasteiger charge is 2.15. The van der Waals surface area contributed by atoms with Crippen molar-refractivity contribution in [2.75, 3.05) is 17.3 Å². The number of rotatable bonds is 4. The molecule has 0 spiro atoms. The highest BCUT2D eigenvalue weighted by Crippen LogP contribution is 2.24. The molecule has 1 heterocycles. The Morgan fingerprint density at radius 3 is 2.50 bits per heavy atom. The maximum Gasteiger partial charge on any atom is 0.276 e. The van der Waals surface area contributed by atoms with Gasteiger partial charge in [-0.25, -0.2) is 9.97 Å². The van der Waals surface area contributed by atoms with E-state index in [2.05, 4.69) is 31.2 Å². The number of carbonyl (C=O) groups excluding carboxylic acids is 1. The number of amides is 1. The summed E-state index contributed by atoms with van der Waals surface area (Å²) < 4.78 is 0.915. The van der Waals surface area contributed by atoms with Crippen LogP contribution in [0.5, 0.6) is 0 Å². The van der Waals surface area contributed by atoms with E-state index in [9.17, 15) is 4.79 Å². The zero-order valence-corrected chi connectivity index (χ0v) is 14.6. The van der Waals surface area contributed by atoms with Crippen molar-refractivity contribution in [3.05, 3.63) is 77.2 Å². The van der Waals surface area contributed by atoms with Crippen LogP contribution in [-0.4, -0.2) is 22.9 Å². The SMILES string of the molecule is CN(C(=O)c1cc(Nc2ccccc2Br)ncn1)c1ccccc1. The Kier molecular flexibility index (Phi) is 4.86. The van der Waals surface area contributed by atoms with Gasteiger partial charge in [0.2, 0.25) is 0 Å². The van der Waals surface area contributed by atoms with Gasteiger partial charge in [0.05, 0.1) is 5.69 Å². The predicted molar refractivity (Wildman–Crippen MR) is 98.6 cm³/mol. The van der Waals surface area contributed by atoms with Crippen molar-refractivity contribution in [1.82, 2.24) is 9.97 Å². The van der Waals surface area contributed by atoms with Gasteiger partial charge in [0.1, 0.15) is 17.8 Å². The first-order valence-corrected chi connectivity index (χ1v) is 8.11. The van der Waals surface area contributed by atoms with E-state index in [1.54, 1.807) is 18.0 Å². The summed E-state index contributed by atoms with van der Waals surface area (Å²) in [7, 11) is 1.72. The number of nitrogens with zero attached hydrogens (tertiary/aromatic N) is 3. The largest absolute Gasteiger partial charge is 0.339 e. The van der Waals surface area contributed by atoms with Crippen molar-refractivity contribution < 1.29 is 4.79 Å². The quantitative estimate of drug-likeness (QED) is 0.732. The average Bonchev–Trinajstić information content (AvgIpc) is 2.63. The second kappa shape index (κ2) is 7.23. The number of benzene rings is 2. The van der Waals surface area contributed by atoms with Crippen molar-refractivity contribution in [2.45, 2.75) is 0 Å². The maximum atomic E-state index is 12.6. The number of hydrogen-bond acceptors (Lipinski definition) is 4. The molecule has 0 aliphatic heterocycles. The molecule has 5 nitrogen and oxygen atoms in total. The number of anilines is 3. The third-order valence-corrected chi connectivity index (χ3v) is 4.16.